The maximum atomic E-state index is 12.4. The van der Waals surface area contributed by atoms with Gasteiger partial charge in [0.25, 0.3) is 11.7 Å². The summed E-state index contributed by atoms with van der Waals surface area (Å²) in [4.78, 5) is 32.8. The number of aromatic nitrogens is 1. The van der Waals surface area contributed by atoms with Crippen molar-refractivity contribution < 1.29 is 18.5 Å². The van der Waals surface area contributed by atoms with Gasteiger partial charge < -0.3 is 10.1 Å². The summed E-state index contributed by atoms with van der Waals surface area (Å²) in [6.07, 6.45) is -3.25. The molecule has 0 saturated carbocycles. The van der Waals surface area contributed by atoms with Crippen LogP contribution in [0, 0.1) is 10.1 Å². The number of H-pyrrole nitrogens is 1. The van der Waals surface area contributed by atoms with Crippen molar-refractivity contribution in [2.24, 2.45) is 0 Å². The topological polar surface area (TPSA) is 93.1 Å². The first-order valence-corrected chi connectivity index (χ1v) is 4.12. The second-order valence-electron chi connectivity index (χ2n) is 2.64. The van der Waals surface area contributed by atoms with Crippen molar-refractivity contribution in [3.63, 3.8) is 0 Å². The van der Waals surface area contributed by atoms with Gasteiger partial charge in [-0.25, -0.2) is 13.8 Å². The number of aromatic amines is 1. The first-order valence-electron chi connectivity index (χ1n) is 3.74. The molecule has 0 amide bonds. The number of pyridine rings is 1. The Morgan fingerprint density at radius 2 is 2.12 bits per heavy atom. The summed E-state index contributed by atoms with van der Waals surface area (Å²) in [7, 11) is 0. The zero-order valence-electron chi connectivity index (χ0n) is 7.37. The molecule has 1 rings (SSSR count). The van der Waals surface area contributed by atoms with Crippen molar-refractivity contribution in [2.75, 3.05) is 0 Å². The normalized spacial score (nSPS) is 10.5. The molecule has 0 bridgehead atoms. The van der Waals surface area contributed by atoms with E-state index in [2.05, 4.69) is 0 Å². The molecule has 0 spiro atoms. The Hall–Kier alpha value is -1.83. The fourth-order valence-electron chi connectivity index (χ4n) is 1.03. The lowest BCUT2D eigenvalue weighted by Crippen LogP contribution is -2.17. The number of halogens is 3. The van der Waals surface area contributed by atoms with E-state index in [0.29, 0.717) is 6.07 Å². The van der Waals surface area contributed by atoms with Gasteiger partial charge in [-0.2, -0.15) is 0 Å². The van der Waals surface area contributed by atoms with Gasteiger partial charge in [0.2, 0.25) is 5.43 Å². The van der Waals surface area contributed by atoms with E-state index >= 15 is 0 Å². The van der Waals surface area contributed by atoms with E-state index in [0.717, 1.165) is 0 Å². The van der Waals surface area contributed by atoms with Gasteiger partial charge in [-0.05, 0) is 16.5 Å². The van der Waals surface area contributed by atoms with E-state index in [1.165, 1.54) is 0 Å². The van der Waals surface area contributed by atoms with Gasteiger partial charge in [0.15, 0.2) is 5.69 Å². The lowest BCUT2D eigenvalue weighted by Gasteiger charge is -2.02. The molecule has 0 unspecified atom stereocenters. The van der Waals surface area contributed by atoms with Crippen LogP contribution in [0.25, 0.3) is 0 Å². The van der Waals surface area contributed by atoms with Crippen molar-refractivity contribution in [3.8, 4) is 0 Å². The highest BCUT2D eigenvalue weighted by molar-refractivity contribution is 6.67. The average molecular weight is 253 g/mol. The van der Waals surface area contributed by atoms with Crippen LogP contribution in [0.1, 0.15) is 22.5 Å². The average Bonchev–Trinajstić information content (AvgIpc) is 2.15. The van der Waals surface area contributed by atoms with Crippen LogP contribution in [0.3, 0.4) is 0 Å². The molecular formula is C7H3ClF2N2O4. The van der Waals surface area contributed by atoms with E-state index in [9.17, 15) is 28.5 Å². The van der Waals surface area contributed by atoms with Crippen LogP contribution in [-0.4, -0.2) is 15.1 Å². The number of carbonyl (C=O) groups is 1. The minimum atomic E-state index is -3.25. The second kappa shape index (κ2) is 4.35. The van der Waals surface area contributed by atoms with Crippen LogP contribution in [0.15, 0.2) is 10.9 Å². The summed E-state index contributed by atoms with van der Waals surface area (Å²) < 4.78 is 24.8. The number of hydrogen-bond acceptors (Lipinski definition) is 4. The van der Waals surface area contributed by atoms with Gasteiger partial charge in [-0.3, -0.25) is 9.59 Å². The van der Waals surface area contributed by atoms with E-state index < -0.39 is 39.1 Å². The van der Waals surface area contributed by atoms with Gasteiger partial charge in [-0.15, -0.1) is 0 Å². The predicted molar refractivity (Wildman–Crippen MR) is 48.9 cm³/mol. The van der Waals surface area contributed by atoms with Crippen molar-refractivity contribution in [2.45, 2.75) is 6.43 Å². The number of rotatable bonds is 3. The van der Waals surface area contributed by atoms with Gasteiger partial charge >= 0.3 is 5.82 Å². The Bertz CT molecular complexity index is 514. The molecule has 0 fully saturated rings. The number of nitrogens with one attached hydrogen (secondary N) is 1. The molecule has 0 aliphatic rings. The van der Waals surface area contributed by atoms with Crippen molar-refractivity contribution in [1.82, 2.24) is 4.98 Å². The molecule has 86 valence electrons. The molecule has 1 heterocycles. The SMILES string of the molecule is O=C(Cl)c1c(C(F)F)[nH]c([N+](=O)[O-])cc1=O. The minimum absolute atomic E-state index is 0.418. The Morgan fingerprint density at radius 3 is 2.50 bits per heavy atom. The molecule has 0 aliphatic heterocycles. The molecule has 1 aromatic rings. The summed E-state index contributed by atoms with van der Waals surface area (Å²) in [6, 6.07) is 0.418. The summed E-state index contributed by atoms with van der Waals surface area (Å²) in [5, 5.41) is 8.88. The molecule has 6 nitrogen and oxygen atoms in total. The van der Waals surface area contributed by atoms with Gasteiger partial charge in [0, 0.05) is 0 Å². The molecule has 1 aromatic heterocycles. The van der Waals surface area contributed by atoms with Crippen molar-refractivity contribution in [1.29, 1.82) is 0 Å². The number of alkyl halides is 2. The highest BCUT2D eigenvalue weighted by Crippen LogP contribution is 2.22. The zero-order chi connectivity index (χ0) is 12.5. The number of hydrogen-bond donors (Lipinski definition) is 1. The molecule has 0 aromatic carbocycles. The van der Waals surface area contributed by atoms with Gasteiger partial charge in [0.1, 0.15) is 5.56 Å². The van der Waals surface area contributed by atoms with Crippen LogP contribution < -0.4 is 5.43 Å². The highest BCUT2D eigenvalue weighted by atomic mass is 35.5. The number of nitrogens with zero attached hydrogens (tertiary/aromatic N) is 1. The third-order valence-electron chi connectivity index (χ3n) is 1.66. The Balaban J connectivity index is 3.58. The van der Waals surface area contributed by atoms with Gasteiger partial charge in [0.05, 0.1) is 6.07 Å². The Kier molecular flexibility index (Phi) is 3.33. The summed E-state index contributed by atoms with van der Waals surface area (Å²) in [5.74, 6) is -0.929. The fraction of sp³-hybridized carbons (Fsp3) is 0.143. The van der Waals surface area contributed by atoms with Crippen LogP contribution in [0.2, 0.25) is 0 Å². The zero-order valence-corrected chi connectivity index (χ0v) is 8.12. The summed E-state index contributed by atoms with van der Waals surface area (Å²) in [5.41, 5.74) is -3.36. The molecule has 16 heavy (non-hydrogen) atoms. The monoisotopic (exact) mass is 252 g/mol. The third kappa shape index (κ3) is 2.22. The lowest BCUT2D eigenvalue weighted by molar-refractivity contribution is -0.389. The molecule has 0 saturated heterocycles. The first kappa shape index (κ1) is 12.2. The van der Waals surface area contributed by atoms with Crippen LogP contribution in [0.5, 0.6) is 0 Å². The first-order chi connectivity index (χ1) is 7.34. The molecule has 0 aliphatic carbocycles. The second-order valence-corrected chi connectivity index (χ2v) is 2.98. The smallest absolute Gasteiger partial charge is 0.325 e. The van der Waals surface area contributed by atoms with Crippen molar-refractivity contribution >= 4 is 22.7 Å². The Morgan fingerprint density at radius 1 is 1.56 bits per heavy atom. The quantitative estimate of drug-likeness (QED) is 0.502. The standard InChI is InChI=1S/C7H3ClF2N2O4/c8-6(14)4-2(13)1-3(12(15)16)11-5(4)7(9)10/h1,7H,(H,11,13). The minimum Gasteiger partial charge on any atom is -0.358 e. The van der Waals surface area contributed by atoms with E-state index in [1.807, 2.05) is 0 Å². The molecular weight excluding hydrogens is 250 g/mol. The summed E-state index contributed by atoms with van der Waals surface area (Å²) >= 11 is 4.93. The van der Waals surface area contributed by atoms with E-state index in [4.69, 9.17) is 11.6 Å². The maximum absolute atomic E-state index is 12.4. The number of nitro groups is 1. The van der Waals surface area contributed by atoms with Crippen LogP contribution in [-0.2, 0) is 0 Å². The Labute approximate surface area is 91.0 Å². The largest absolute Gasteiger partial charge is 0.358 e. The van der Waals surface area contributed by atoms with Gasteiger partial charge in [-0.1, -0.05) is 0 Å². The molecule has 0 radical (unpaired) electrons. The van der Waals surface area contributed by atoms with Crippen molar-refractivity contribution in [3.05, 3.63) is 37.7 Å². The van der Waals surface area contributed by atoms with E-state index in [1.54, 1.807) is 4.98 Å². The predicted octanol–water partition coefficient (Wildman–Crippen LogP) is 1.60. The molecule has 1 N–H and O–H groups in total. The van der Waals surface area contributed by atoms with Crippen LogP contribution in [0.4, 0.5) is 14.6 Å². The molecule has 0 atom stereocenters. The number of carbonyl (C=O) groups excluding carboxylic acids is 1. The van der Waals surface area contributed by atoms with Crippen LogP contribution >= 0.6 is 11.6 Å². The maximum Gasteiger partial charge on any atom is 0.325 e. The fourth-order valence-corrected chi connectivity index (χ4v) is 1.23. The molecule has 9 heteroatoms. The summed E-state index contributed by atoms with van der Waals surface area (Å²) in [6.45, 7) is 0. The third-order valence-corrected chi connectivity index (χ3v) is 1.85. The highest BCUT2D eigenvalue weighted by Gasteiger charge is 2.27. The lowest BCUT2D eigenvalue weighted by atomic mass is 10.2. The van der Waals surface area contributed by atoms with E-state index in [-0.39, 0.29) is 0 Å².